The maximum absolute atomic E-state index is 12.3. The average molecular weight is 396 g/mol. The second-order valence-electron chi connectivity index (χ2n) is 5.98. The number of ether oxygens (including phenoxy) is 1. The van der Waals surface area contributed by atoms with Crippen molar-refractivity contribution >= 4 is 30.0 Å². The van der Waals surface area contributed by atoms with Gasteiger partial charge in [0.05, 0.1) is 13.7 Å². The highest BCUT2D eigenvalue weighted by Gasteiger charge is 2.11. The van der Waals surface area contributed by atoms with Gasteiger partial charge in [0, 0.05) is 16.5 Å². The van der Waals surface area contributed by atoms with Crippen molar-refractivity contribution in [2.24, 2.45) is 0 Å². The van der Waals surface area contributed by atoms with Crippen LogP contribution in [-0.4, -0.2) is 36.8 Å². The van der Waals surface area contributed by atoms with Crippen LogP contribution in [0, 0.1) is 0 Å². The number of aryl methyl sites for hydroxylation is 1. The average Bonchev–Trinajstić information content (AvgIpc) is 2.65. The van der Waals surface area contributed by atoms with Gasteiger partial charge < -0.3 is 15.2 Å². The summed E-state index contributed by atoms with van der Waals surface area (Å²) in [7, 11) is 1.66. The summed E-state index contributed by atoms with van der Waals surface area (Å²) in [5.74, 6) is 1.11. The first-order valence-corrected chi connectivity index (χ1v) is 9.52. The highest BCUT2D eigenvalue weighted by atomic mass is 35.5. The van der Waals surface area contributed by atoms with Crippen LogP contribution in [0.5, 0.6) is 11.5 Å². The van der Waals surface area contributed by atoms with Crippen LogP contribution in [0.4, 0.5) is 0 Å². The summed E-state index contributed by atoms with van der Waals surface area (Å²) in [6, 6.07) is 13.3. The van der Waals surface area contributed by atoms with E-state index in [1.807, 2.05) is 18.4 Å². The van der Waals surface area contributed by atoms with Gasteiger partial charge in [-0.05, 0) is 61.9 Å². The third-order valence-corrected chi connectivity index (χ3v) is 4.90. The van der Waals surface area contributed by atoms with Crippen molar-refractivity contribution in [3.63, 3.8) is 0 Å². The van der Waals surface area contributed by atoms with E-state index >= 15 is 0 Å². The lowest BCUT2D eigenvalue weighted by atomic mass is 10.1. The molecule has 1 atom stereocenters. The molecule has 0 spiro atoms. The number of Topliss-reactive ketones (excluding diaryl/α,β-unsaturated/α-hetero) is 1. The molecule has 0 radical (unpaired) electrons. The topological polar surface area (TPSA) is 58.6 Å². The molecule has 0 aliphatic rings. The molecule has 0 heterocycles. The summed E-state index contributed by atoms with van der Waals surface area (Å²) in [6.07, 6.45) is 3.77. The third-order valence-electron chi connectivity index (χ3n) is 4.14. The van der Waals surface area contributed by atoms with E-state index in [9.17, 15) is 9.90 Å². The number of halogens is 1. The Hall–Kier alpha value is -1.69. The zero-order valence-corrected chi connectivity index (χ0v) is 17.0. The number of phenols is 1. The van der Waals surface area contributed by atoms with Crippen LogP contribution in [0.25, 0.3) is 0 Å². The third kappa shape index (κ3) is 6.56. The van der Waals surface area contributed by atoms with Crippen LogP contribution in [0.1, 0.15) is 29.3 Å². The number of methoxy groups -OCH3 is 1. The number of rotatable bonds is 9. The number of benzene rings is 2. The Labute approximate surface area is 165 Å². The van der Waals surface area contributed by atoms with Crippen LogP contribution in [-0.2, 0) is 6.42 Å². The molecule has 0 amide bonds. The van der Waals surface area contributed by atoms with Crippen LogP contribution >= 0.6 is 24.2 Å². The van der Waals surface area contributed by atoms with Gasteiger partial charge in [-0.25, -0.2) is 0 Å². The lowest BCUT2D eigenvalue weighted by Crippen LogP contribution is -2.31. The summed E-state index contributed by atoms with van der Waals surface area (Å²) in [6.45, 7) is 2.38. The van der Waals surface area contributed by atoms with Gasteiger partial charge in [-0.3, -0.25) is 4.79 Å². The lowest BCUT2D eigenvalue weighted by molar-refractivity contribution is 0.0987. The van der Waals surface area contributed by atoms with Gasteiger partial charge in [0.15, 0.2) is 5.78 Å². The van der Waals surface area contributed by atoms with Crippen molar-refractivity contribution in [2.75, 3.05) is 19.9 Å². The van der Waals surface area contributed by atoms with Gasteiger partial charge in [-0.15, -0.1) is 24.2 Å². The number of carbonyl (C=O) groups is 1. The van der Waals surface area contributed by atoms with E-state index in [0.29, 0.717) is 12.1 Å². The van der Waals surface area contributed by atoms with Gasteiger partial charge in [0.1, 0.15) is 11.5 Å². The Morgan fingerprint density at radius 3 is 2.54 bits per heavy atom. The van der Waals surface area contributed by atoms with Crippen LogP contribution in [0.2, 0.25) is 0 Å². The molecule has 1 unspecified atom stereocenters. The normalized spacial score (nSPS) is 11.5. The Morgan fingerprint density at radius 1 is 1.23 bits per heavy atom. The van der Waals surface area contributed by atoms with E-state index in [4.69, 9.17) is 4.74 Å². The monoisotopic (exact) mass is 395 g/mol. The van der Waals surface area contributed by atoms with Gasteiger partial charge in [0.25, 0.3) is 0 Å². The number of ketones is 1. The molecule has 0 aromatic heterocycles. The Morgan fingerprint density at radius 2 is 1.92 bits per heavy atom. The van der Waals surface area contributed by atoms with Gasteiger partial charge in [-0.1, -0.05) is 12.1 Å². The predicted molar refractivity (Wildman–Crippen MR) is 110 cm³/mol. The fraction of sp³-hybridized carbons (Fsp3) is 0.350. The minimum Gasteiger partial charge on any atom is -0.507 e. The van der Waals surface area contributed by atoms with E-state index in [1.165, 1.54) is 17.3 Å². The SMILES string of the molecule is COc1ccc(CCC(C)NCC(=O)c2ccc(O)c(SC)c2)cc1.Cl. The molecule has 4 nitrogen and oxygen atoms in total. The van der Waals surface area contributed by atoms with Crippen molar-refractivity contribution < 1.29 is 14.6 Å². The smallest absolute Gasteiger partial charge is 0.176 e. The highest BCUT2D eigenvalue weighted by molar-refractivity contribution is 7.98. The molecule has 0 fully saturated rings. The molecule has 2 rings (SSSR count). The van der Waals surface area contributed by atoms with Crippen LogP contribution in [0.15, 0.2) is 47.4 Å². The van der Waals surface area contributed by atoms with Gasteiger partial charge in [0.2, 0.25) is 0 Å². The standard InChI is InChI=1S/C20H25NO3S.ClH/c1-14(4-5-15-6-9-17(24-2)10-7-15)21-13-19(23)16-8-11-18(22)20(12-16)25-3;/h6-12,14,21-22H,4-5,13H2,1-3H3;1H. The Kier molecular flexibility index (Phi) is 9.55. The highest BCUT2D eigenvalue weighted by Crippen LogP contribution is 2.27. The number of hydrogen-bond donors (Lipinski definition) is 2. The van der Waals surface area contributed by atoms with Crippen molar-refractivity contribution in [3.05, 3.63) is 53.6 Å². The Balaban J connectivity index is 0.00000338. The molecule has 142 valence electrons. The number of phenolic OH excluding ortho intramolecular Hbond substituents is 1. The first kappa shape index (κ1) is 22.4. The fourth-order valence-corrected chi connectivity index (χ4v) is 3.02. The molecular weight excluding hydrogens is 370 g/mol. The van der Waals surface area contributed by atoms with Crippen molar-refractivity contribution in [1.82, 2.24) is 5.32 Å². The molecular formula is C20H26ClNO3S. The second kappa shape index (κ2) is 11.1. The summed E-state index contributed by atoms with van der Waals surface area (Å²) in [5.41, 5.74) is 1.88. The molecule has 0 saturated heterocycles. The van der Waals surface area contributed by atoms with Crippen molar-refractivity contribution in [3.8, 4) is 11.5 Å². The fourth-order valence-electron chi connectivity index (χ4n) is 2.50. The zero-order valence-electron chi connectivity index (χ0n) is 15.3. The molecule has 0 aliphatic carbocycles. The maximum atomic E-state index is 12.3. The first-order valence-electron chi connectivity index (χ1n) is 8.30. The molecule has 2 aromatic rings. The zero-order chi connectivity index (χ0) is 18.2. The van der Waals surface area contributed by atoms with Crippen LogP contribution in [0.3, 0.4) is 0 Å². The molecule has 6 heteroatoms. The number of thioether (sulfide) groups is 1. The van der Waals surface area contributed by atoms with Crippen molar-refractivity contribution in [2.45, 2.75) is 30.7 Å². The summed E-state index contributed by atoms with van der Waals surface area (Å²) in [5, 5.41) is 13.0. The second-order valence-corrected chi connectivity index (χ2v) is 6.83. The molecule has 26 heavy (non-hydrogen) atoms. The summed E-state index contributed by atoms with van der Waals surface area (Å²) in [4.78, 5) is 13.0. The summed E-state index contributed by atoms with van der Waals surface area (Å²) >= 11 is 1.43. The quantitative estimate of drug-likeness (QED) is 0.488. The number of hydrogen-bond acceptors (Lipinski definition) is 5. The molecule has 2 aromatic carbocycles. The largest absolute Gasteiger partial charge is 0.507 e. The molecule has 0 saturated carbocycles. The summed E-state index contributed by atoms with van der Waals surface area (Å²) < 4.78 is 5.16. The molecule has 2 N–H and O–H groups in total. The van der Waals surface area contributed by atoms with Crippen LogP contribution < -0.4 is 10.1 Å². The van der Waals surface area contributed by atoms with E-state index in [1.54, 1.807) is 25.3 Å². The van der Waals surface area contributed by atoms with E-state index in [0.717, 1.165) is 23.5 Å². The van der Waals surface area contributed by atoms with E-state index < -0.39 is 0 Å². The first-order chi connectivity index (χ1) is 12.0. The minimum atomic E-state index is 0. The van der Waals surface area contributed by atoms with E-state index in [-0.39, 0.29) is 30.0 Å². The number of aromatic hydroxyl groups is 1. The van der Waals surface area contributed by atoms with Gasteiger partial charge >= 0.3 is 0 Å². The maximum Gasteiger partial charge on any atom is 0.176 e. The molecule has 0 bridgehead atoms. The lowest BCUT2D eigenvalue weighted by Gasteiger charge is -2.14. The number of carbonyl (C=O) groups excluding carboxylic acids is 1. The Bertz CT molecular complexity index is 707. The van der Waals surface area contributed by atoms with Crippen molar-refractivity contribution in [1.29, 1.82) is 0 Å². The molecule has 0 aliphatic heterocycles. The van der Waals surface area contributed by atoms with E-state index in [2.05, 4.69) is 24.4 Å². The number of nitrogens with one attached hydrogen (secondary N) is 1. The predicted octanol–water partition coefficient (Wildman–Crippen LogP) is 4.34. The minimum absolute atomic E-state index is 0. The van der Waals surface area contributed by atoms with Gasteiger partial charge in [-0.2, -0.15) is 0 Å².